The maximum atomic E-state index is 14.3. The summed E-state index contributed by atoms with van der Waals surface area (Å²) in [6, 6.07) is 15.6. The van der Waals surface area contributed by atoms with Crippen LogP contribution in [0.4, 0.5) is 26.3 Å². The maximum absolute atomic E-state index is 14.3. The van der Waals surface area contributed by atoms with Crippen molar-refractivity contribution in [3.8, 4) is 39.2 Å². The topological polar surface area (TPSA) is 158 Å². The average Bonchev–Trinajstić information content (AvgIpc) is 3.68. The molecular formula is C50H51ClF6N6O7S. The van der Waals surface area contributed by atoms with Gasteiger partial charge < -0.3 is 34.3 Å². The molecule has 1 fully saturated rings. The van der Waals surface area contributed by atoms with E-state index in [1.54, 1.807) is 51.1 Å². The normalized spacial score (nSPS) is 14.6. The fourth-order valence-corrected chi connectivity index (χ4v) is 9.19. The highest BCUT2D eigenvalue weighted by atomic mass is 35.5. The molecule has 1 atom stereocenters. The van der Waals surface area contributed by atoms with E-state index in [-0.39, 0.29) is 55.6 Å². The molecule has 71 heavy (non-hydrogen) atoms. The molecule has 7 rings (SSSR count). The number of hydrogen-bond donors (Lipinski definition) is 2. The Morgan fingerprint density at radius 1 is 0.972 bits per heavy atom. The molecule has 0 aliphatic carbocycles. The SMILES string of the molecule is Cc1c(-c2c(-c3ccc(F)cc3)sc3ncnc(O[C@H](Cc4cc(CC(=O)OC(C)(C)C)ccc4OCc4ccnc(OCCC(F)(F)F)n4)C(=O)O)c23)ccc(CNCCN2CCC(F)(F)CC2)c1Cl. The third-order valence-electron chi connectivity index (χ3n) is 11.3. The van der Waals surface area contributed by atoms with E-state index in [1.807, 2.05) is 24.0 Å². The summed E-state index contributed by atoms with van der Waals surface area (Å²) in [5.41, 5.74) is 3.54. The number of ether oxygens (including phenoxy) is 4. The Kier molecular flexibility index (Phi) is 16.7. The van der Waals surface area contributed by atoms with Crippen molar-refractivity contribution in [1.82, 2.24) is 30.2 Å². The second kappa shape index (κ2) is 22.5. The van der Waals surface area contributed by atoms with Crippen LogP contribution in [0.3, 0.4) is 0 Å². The monoisotopic (exact) mass is 1030 g/mol. The Hall–Kier alpha value is -6.09. The second-order valence-corrected chi connectivity index (χ2v) is 19.3. The van der Waals surface area contributed by atoms with Gasteiger partial charge in [0.25, 0.3) is 5.92 Å². The molecular weight excluding hydrogens is 978 g/mol. The molecule has 1 saturated heterocycles. The molecule has 2 N–H and O–H groups in total. The number of carboxylic acid groups (broad SMARTS) is 1. The Morgan fingerprint density at radius 3 is 2.42 bits per heavy atom. The zero-order valence-electron chi connectivity index (χ0n) is 39.2. The van der Waals surface area contributed by atoms with Crippen LogP contribution in [0.5, 0.6) is 17.6 Å². The van der Waals surface area contributed by atoms with Crippen molar-refractivity contribution in [2.45, 2.75) is 96.8 Å². The number of carbonyl (C=O) groups is 2. The first-order valence-electron chi connectivity index (χ1n) is 22.6. The number of thiophene rings is 1. The van der Waals surface area contributed by atoms with Crippen LogP contribution in [0.15, 0.2) is 73.2 Å². The maximum Gasteiger partial charge on any atom is 0.392 e. The highest BCUT2D eigenvalue weighted by Crippen LogP contribution is 2.49. The van der Waals surface area contributed by atoms with E-state index in [9.17, 15) is 41.0 Å². The number of rotatable bonds is 20. The van der Waals surface area contributed by atoms with Gasteiger partial charge in [-0.2, -0.15) is 18.2 Å². The van der Waals surface area contributed by atoms with Gasteiger partial charge >= 0.3 is 24.1 Å². The number of piperidine rings is 1. The Balaban J connectivity index is 1.19. The molecule has 13 nitrogen and oxygen atoms in total. The number of likely N-dealkylation sites (tertiary alicyclic amines) is 1. The smallest absolute Gasteiger partial charge is 0.392 e. The van der Waals surface area contributed by atoms with E-state index in [2.05, 4.69) is 25.3 Å². The van der Waals surface area contributed by atoms with Gasteiger partial charge in [-0.3, -0.25) is 4.79 Å². The number of benzene rings is 3. The number of halogens is 7. The lowest BCUT2D eigenvalue weighted by Crippen LogP contribution is -2.42. The van der Waals surface area contributed by atoms with Crippen molar-refractivity contribution in [2.75, 3.05) is 32.8 Å². The minimum absolute atomic E-state index is 0.0785. The quantitative estimate of drug-likeness (QED) is 0.0423. The summed E-state index contributed by atoms with van der Waals surface area (Å²) in [6.07, 6.45) is -5.55. The van der Waals surface area contributed by atoms with Gasteiger partial charge in [-0.05, 0) is 85.3 Å². The van der Waals surface area contributed by atoms with Crippen molar-refractivity contribution in [3.63, 3.8) is 0 Å². The summed E-state index contributed by atoms with van der Waals surface area (Å²) < 4.78 is 103. The minimum atomic E-state index is -4.44. The zero-order chi connectivity index (χ0) is 51.1. The van der Waals surface area contributed by atoms with Crippen LogP contribution in [0, 0.1) is 12.7 Å². The van der Waals surface area contributed by atoms with Crippen molar-refractivity contribution in [2.24, 2.45) is 0 Å². The molecule has 1 aliphatic heterocycles. The molecule has 0 spiro atoms. The van der Waals surface area contributed by atoms with E-state index in [4.69, 9.17) is 30.5 Å². The first-order chi connectivity index (χ1) is 33.6. The van der Waals surface area contributed by atoms with Gasteiger partial charge in [-0.1, -0.05) is 48.0 Å². The number of nitrogens with zero attached hydrogens (tertiary/aromatic N) is 5. The van der Waals surface area contributed by atoms with Gasteiger partial charge in [-0.25, -0.2) is 32.9 Å². The van der Waals surface area contributed by atoms with Gasteiger partial charge in [0.2, 0.25) is 12.0 Å². The van der Waals surface area contributed by atoms with Gasteiger partial charge in [0.15, 0.2) is 0 Å². The zero-order valence-corrected chi connectivity index (χ0v) is 40.8. The van der Waals surface area contributed by atoms with Crippen LogP contribution in [-0.2, 0) is 40.3 Å². The third-order valence-corrected chi connectivity index (χ3v) is 13.0. The van der Waals surface area contributed by atoms with Crippen molar-refractivity contribution >= 4 is 45.1 Å². The van der Waals surface area contributed by atoms with Crippen LogP contribution < -0.4 is 19.5 Å². The molecule has 3 aromatic heterocycles. The predicted octanol–water partition coefficient (Wildman–Crippen LogP) is 10.6. The molecule has 0 amide bonds. The van der Waals surface area contributed by atoms with Gasteiger partial charge in [0, 0.05) is 73.6 Å². The second-order valence-electron chi connectivity index (χ2n) is 17.9. The number of nitrogens with one attached hydrogen (secondary N) is 1. The van der Waals surface area contributed by atoms with E-state index < -0.39 is 54.6 Å². The predicted molar refractivity (Wildman–Crippen MR) is 255 cm³/mol. The standard InChI is InChI=1S/C50H51ClF6N6O7S/c1-29-36(11-8-32(42(29)51)26-58-18-21-63-19-14-49(53,54)15-20-63)40-41-44(60-28-61-45(41)71-43(40)31-6-9-34(52)10-7-31)69-38(46(65)66)25-33-23-30(24-39(64)70-48(2,3)4)5-12-37(33)68-27-35-13-17-59-47(62-35)67-22-16-50(55,56)57/h5-13,17,23,28,38,58H,14-16,18-22,24-27H2,1-4H3,(H,65,66)/t38-/m1/s1. The minimum Gasteiger partial charge on any atom is -0.487 e. The molecule has 0 unspecified atom stereocenters. The van der Waals surface area contributed by atoms with Gasteiger partial charge in [-0.15, -0.1) is 11.3 Å². The number of aromatic nitrogens is 4. The van der Waals surface area contributed by atoms with Crippen molar-refractivity contribution in [3.05, 3.63) is 112 Å². The largest absolute Gasteiger partial charge is 0.487 e. The summed E-state index contributed by atoms with van der Waals surface area (Å²) in [5, 5.41) is 15.0. The first kappa shape index (κ1) is 52.7. The van der Waals surface area contributed by atoms with Crippen LogP contribution in [0.2, 0.25) is 5.02 Å². The number of carboxylic acids is 1. The number of fused-ring (bicyclic) bond motifs is 1. The molecule has 4 heterocycles. The Bertz CT molecular complexity index is 2840. The number of aliphatic carboxylic acids is 1. The van der Waals surface area contributed by atoms with Crippen LogP contribution >= 0.6 is 22.9 Å². The van der Waals surface area contributed by atoms with Crippen molar-refractivity contribution < 1.29 is 60.0 Å². The number of hydrogen-bond acceptors (Lipinski definition) is 13. The Labute approximate surface area is 414 Å². The summed E-state index contributed by atoms with van der Waals surface area (Å²) in [6.45, 7) is 8.27. The van der Waals surface area contributed by atoms with Crippen LogP contribution in [-0.4, -0.2) is 98.5 Å². The fraction of sp³-hybridized carbons (Fsp3) is 0.400. The summed E-state index contributed by atoms with van der Waals surface area (Å²) >= 11 is 8.35. The lowest BCUT2D eigenvalue weighted by molar-refractivity contribution is -0.154. The van der Waals surface area contributed by atoms with Gasteiger partial charge in [0.05, 0.1) is 23.9 Å². The molecule has 0 saturated carbocycles. The summed E-state index contributed by atoms with van der Waals surface area (Å²) in [7, 11) is 0. The van der Waals surface area contributed by atoms with Crippen LogP contribution in [0.1, 0.15) is 68.0 Å². The molecule has 1 aliphatic rings. The number of esters is 1. The van der Waals surface area contributed by atoms with E-state index >= 15 is 0 Å². The van der Waals surface area contributed by atoms with E-state index in [0.29, 0.717) is 86.2 Å². The molecule has 3 aromatic carbocycles. The fourth-order valence-electron chi connectivity index (χ4n) is 7.81. The number of alkyl halides is 5. The molecule has 6 aromatic rings. The lowest BCUT2D eigenvalue weighted by atomic mass is 9.94. The highest BCUT2D eigenvalue weighted by molar-refractivity contribution is 7.22. The molecule has 378 valence electrons. The molecule has 0 bridgehead atoms. The Morgan fingerprint density at radius 2 is 1.72 bits per heavy atom. The molecule has 0 radical (unpaired) electrons. The summed E-state index contributed by atoms with van der Waals surface area (Å²) in [4.78, 5) is 46.3. The van der Waals surface area contributed by atoms with Gasteiger partial charge in [0.1, 0.15) is 41.5 Å². The lowest BCUT2D eigenvalue weighted by Gasteiger charge is -2.31. The molecule has 21 heteroatoms. The third kappa shape index (κ3) is 14.5. The highest BCUT2D eigenvalue weighted by Gasteiger charge is 2.34. The number of carbonyl (C=O) groups excluding carboxylic acids is 1. The van der Waals surface area contributed by atoms with E-state index in [0.717, 1.165) is 5.56 Å². The first-order valence-corrected chi connectivity index (χ1v) is 23.8. The van der Waals surface area contributed by atoms with Crippen LogP contribution in [0.25, 0.3) is 31.8 Å². The summed E-state index contributed by atoms with van der Waals surface area (Å²) in [5.74, 6) is -4.88. The average molecular weight is 1030 g/mol. The van der Waals surface area contributed by atoms with Crippen molar-refractivity contribution in [1.29, 1.82) is 0 Å². The van der Waals surface area contributed by atoms with E-state index in [1.165, 1.54) is 42.1 Å².